The molecule has 2 aliphatic heterocycles. The van der Waals surface area contributed by atoms with Gasteiger partial charge in [-0.05, 0) is 88.7 Å². The first-order valence-corrected chi connectivity index (χ1v) is 13.0. The van der Waals surface area contributed by atoms with Gasteiger partial charge in [0.25, 0.3) is 11.1 Å². The molecule has 0 aliphatic carbocycles. The summed E-state index contributed by atoms with van der Waals surface area (Å²) in [4.78, 5) is 51.8. The van der Waals surface area contributed by atoms with E-state index in [0.717, 1.165) is 29.5 Å². The number of imide groups is 1. The molecule has 3 amide bonds. The third-order valence-electron chi connectivity index (χ3n) is 5.73. The summed E-state index contributed by atoms with van der Waals surface area (Å²) < 4.78 is 12.1. The molecule has 2 aliphatic rings. The van der Waals surface area contributed by atoms with E-state index in [-0.39, 0.29) is 29.5 Å². The second-order valence-electron chi connectivity index (χ2n) is 8.18. The number of ether oxygens (including phenoxy) is 2. The molecule has 2 heterocycles. The first-order valence-electron chi connectivity index (χ1n) is 11.1. The normalized spacial score (nSPS) is 16.7. The lowest BCUT2D eigenvalue weighted by atomic mass is 10.1. The molecule has 1 N–H and O–H groups in total. The predicted molar refractivity (Wildman–Crippen MR) is 142 cm³/mol. The number of aromatic carboxylic acids is 1. The summed E-state index contributed by atoms with van der Waals surface area (Å²) in [6, 6.07) is 9.95. The Balaban J connectivity index is 1.49. The van der Waals surface area contributed by atoms with Crippen molar-refractivity contribution in [2.75, 3.05) is 26.7 Å². The average molecular weight is 622 g/mol. The Morgan fingerprint density at radius 2 is 1.92 bits per heavy atom. The van der Waals surface area contributed by atoms with E-state index in [9.17, 15) is 24.3 Å². The number of likely N-dealkylation sites (tertiary alicyclic amines) is 1. The summed E-state index contributed by atoms with van der Waals surface area (Å²) in [6.45, 7) is 1.19. The van der Waals surface area contributed by atoms with E-state index in [4.69, 9.17) is 9.47 Å². The van der Waals surface area contributed by atoms with Crippen molar-refractivity contribution >= 4 is 63.5 Å². The molecule has 0 bridgehead atoms. The van der Waals surface area contributed by atoms with Crippen LogP contribution in [0.4, 0.5) is 4.79 Å². The highest BCUT2D eigenvalue weighted by Crippen LogP contribution is 2.37. The molecule has 0 aromatic heterocycles. The maximum Gasteiger partial charge on any atom is 0.335 e. The number of halogens is 1. The van der Waals surface area contributed by atoms with E-state index in [0.29, 0.717) is 39.3 Å². The first-order chi connectivity index (χ1) is 17.3. The number of nitrogens with zero attached hydrogens (tertiary/aromatic N) is 2. The van der Waals surface area contributed by atoms with Crippen molar-refractivity contribution in [1.29, 1.82) is 0 Å². The fraction of sp³-hybridized carbons (Fsp3) is 0.280. The lowest BCUT2D eigenvalue weighted by molar-refractivity contribution is -0.135. The summed E-state index contributed by atoms with van der Waals surface area (Å²) in [7, 11) is 1.49. The lowest BCUT2D eigenvalue weighted by Gasteiger charge is -2.18. The Labute approximate surface area is 225 Å². The molecule has 4 rings (SSSR count). The molecule has 2 aromatic rings. The average Bonchev–Trinajstić information content (AvgIpc) is 3.48. The Morgan fingerprint density at radius 3 is 2.61 bits per heavy atom. The molecule has 2 aromatic carbocycles. The van der Waals surface area contributed by atoms with Crippen molar-refractivity contribution in [2.24, 2.45) is 0 Å². The summed E-state index contributed by atoms with van der Waals surface area (Å²) in [5.74, 6) is -0.836. The van der Waals surface area contributed by atoms with Gasteiger partial charge in [-0.3, -0.25) is 19.3 Å². The van der Waals surface area contributed by atoms with Gasteiger partial charge in [-0.2, -0.15) is 0 Å². The molecule has 2 saturated heterocycles. The molecule has 0 atom stereocenters. The van der Waals surface area contributed by atoms with E-state index in [1.807, 2.05) is 0 Å². The molecule has 0 spiro atoms. The van der Waals surface area contributed by atoms with E-state index in [1.54, 1.807) is 41.3 Å². The first kappa shape index (κ1) is 26.0. The maximum absolute atomic E-state index is 12.9. The number of hydrogen-bond donors (Lipinski definition) is 1. The van der Waals surface area contributed by atoms with Gasteiger partial charge in [0.1, 0.15) is 13.2 Å². The van der Waals surface area contributed by atoms with Crippen LogP contribution in [-0.4, -0.2) is 64.7 Å². The smallest absolute Gasteiger partial charge is 0.335 e. The Bertz CT molecular complexity index is 1260. The molecule has 0 radical (unpaired) electrons. The van der Waals surface area contributed by atoms with Crippen molar-refractivity contribution in [2.45, 2.75) is 19.4 Å². The zero-order chi connectivity index (χ0) is 25.8. The standard InChI is InChI=1S/C25H23IN2O7S/c1-34-19-11-16(10-18(26)22(19)35-14-15-5-4-6-17(9-15)24(31)32)12-20-23(30)28(25(33)36-20)13-21(29)27-7-2-3-8-27/h4-6,9-12H,2-3,7-8,13-14H2,1H3,(H,31,32)/b20-12+. The Kier molecular flexibility index (Phi) is 8.19. The molecule has 0 saturated carbocycles. The van der Waals surface area contributed by atoms with Crippen LogP contribution < -0.4 is 9.47 Å². The minimum atomic E-state index is -1.02. The lowest BCUT2D eigenvalue weighted by Crippen LogP contribution is -2.40. The number of hydrogen-bond acceptors (Lipinski definition) is 7. The number of carboxylic acids is 1. The van der Waals surface area contributed by atoms with Crippen LogP contribution in [0.1, 0.15) is 34.3 Å². The van der Waals surface area contributed by atoms with Gasteiger partial charge in [-0.25, -0.2) is 4.79 Å². The predicted octanol–water partition coefficient (Wildman–Crippen LogP) is 4.24. The molecular formula is C25H23IN2O7S. The summed E-state index contributed by atoms with van der Waals surface area (Å²) >= 11 is 2.89. The zero-order valence-corrected chi connectivity index (χ0v) is 22.3. The van der Waals surface area contributed by atoms with Crippen LogP contribution in [0.15, 0.2) is 41.3 Å². The third-order valence-corrected chi connectivity index (χ3v) is 7.44. The van der Waals surface area contributed by atoms with Crippen LogP contribution in [0.2, 0.25) is 0 Å². The van der Waals surface area contributed by atoms with Crippen molar-refractivity contribution in [1.82, 2.24) is 9.80 Å². The molecule has 0 unspecified atom stereocenters. The number of rotatable bonds is 8. The van der Waals surface area contributed by atoms with Crippen LogP contribution in [0, 0.1) is 3.57 Å². The maximum atomic E-state index is 12.9. The van der Waals surface area contributed by atoms with Crippen LogP contribution in [0.3, 0.4) is 0 Å². The van der Waals surface area contributed by atoms with Crippen LogP contribution in [0.5, 0.6) is 11.5 Å². The number of thioether (sulfide) groups is 1. The number of amides is 3. The van der Waals surface area contributed by atoms with Crippen molar-refractivity contribution in [3.05, 3.63) is 61.6 Å². The van der Waals surface area contributed by atoms with Gasteiger partial charge in [-0.1, -0.05) is 12.1 Å². The highest BCUT2D eigenvalue weighted by molar-refractivity contribution is 14.1. The second kappa shape index (κ2) is 11.3. The number of carbonyl (C=O) groups is 4. The Hall–Kier alpha value is -3.06. The van der Waals surface area contributed by atoms with Gasteiger partial charge in [-0.15, -0.1) is 0 Å². The zero-order valence-electron chi connectivity index (χ0n) is 19.4. The molecule has 36 heavy (non-hydrogen) atoms. The van der Waals surface area contributed by atoms with E-state index in [2.05, 4.69) is 22.6 Å². The molecular weight excluding hydrogens is 599 g/mol. The number of methoxy groups -OCH3 is 1. The largest absolute Gasteiger partial charge is 0.493 e. The molecule has 11 heteroatoms. The fourth-order valence-corrected chi connectivity index (χ4v) is 5.52. The van der Waals surface area contributed by atoms with E-state index < -0.39 is 17.1 Å². The van der Waals surface area contributed by atoms with E-state index >= 15 is 0 Å². The quantitative estimate of drug-likeness (QED) is 0.344. The fourth-order valence-electron chi connectivity index (χ4n) is 3.90. The van der Waals surface area contributed by atoms with Crippen LogP contribution in [0.25, 0.3) is 6.08 Å². The minimum Gasteiger partial charge on any atom is -0.493 e. The summed E-state index contributed by atoms with van der Waals surface area (Å²) in [5, 5.41) is 8.71. The Morgan fingerprint density at radius 1 is 1.17 bits per heavy atom. The van der Waals surface area contributed by atoms with E-state index in [1.165, 1.54) is 13.2 Å². The molecule has 2 fully saturated rings. The molecule has 9 nitrogen and oxygen atoms in total. The van der Waals surface area contributed by atoms with Gasteiger partial charge in [0.15, 0.2) is 11.5 Å². The SMILES string of the molecule is COc1cc(/C=C2/SC(=O)N(CC(=O)N3CCCC3)C2=O)cc(I)c1OCc1cccc(C(=O)O)c1. The van der Waals surface area contributed by atoms with Gasteiger partial charge < -0.3 is 19.5 Å². The van der Waals surface area contributed by atoms with Crippen LogP contribution in [-0.2, 0) is 16.2 Å². The number of benzene rings is 2. The highest BCUT2D eigenvalue weighted by Gasteiger charge is 2.37. The monoisotopic (exact) mass is 622 g/mol. The van der Waals surface area contributed by atoms with Crippen molar-refractivity contribution < 1.29 is 33.8 Å². The summed E-state index contributed by atoms with van der Waals surface area (Å²) in [6.07, 6.45) is 3.46. The summed E-state index contributed by atoms with van der Waals surface area (Å²) in [5.41, 5.74) is 1.49. The number of carboxylic acid groups (broad SMARTS) is 1. The van der Waals surface area contributed by atoms with Crippen molar-refractivity contribution in [3.8, 4) is 11.5 Å². The minimum absolute atomic E-state index is 0.136. The van der Waals surface area contributed by atoms with Gasteiger partial charge in [0.2, 0.25) is 5.91 Å². The molecule has 188 valence electrons. The number of carbonyl (C=O) groups excluding carboxylic acids is 3. The van der Waals surface area contributed by atoms with Gasteiger partial charge in [0.05, 0.1) is 21.1 Å². The third kappa shape index (κ3) is 5.84. The second-order valence-corrected chi connectivity index (χ2v) is 10.3. The van der Waals surface area contributed by atoms with Gasteiger partial charge >= 0.3 is 5.97 Å². The van der Waals surface area contributed by atoms with Crippen molar-refractivity contribution in [3.63, 3.8) is 0 Å². The highest BCUT2D eigenvalue weighted by atomic mass is 127. The topological polar surface area (TPSA) is 113 Å². The van der Waals surface area contributed by atoms with Crippen LogP contribution >= 0.6 is 34.4 Å². The van der Waals surface area contributed by atoms with Gasteiger partial charge in [0, 0.05) is 13.1 Å².